The van der Waals surface area contributed by atoms with Crippen LogP contribution < -0.4 is 0 Å². The fourth-order valence-corrected chi connectivity index (χ4v) is 0.293. The van der Waals surface area contributed by atoms with Crippen molar-refractivity contribution < 1.29 is 5.11 Å². The molecule has 0 aromatic carbocycles. The fraction of sp³-hybridized carbons (Fsp3) is 0. The van der Waals surface area contributed by atoms with Gasteiger partial charge in [0.1, 0.15) is 11.8 Å². The summed E-state index contributed by atoms with van der Waals surface area (Å²) in [5, 5.41) is 8.20. The van der Waals surface area contributed by atoms with Gasteiger partial charge < -0.3 is 5.11 Å². The molecule has 1 nitrogen and oxygen atoms in total. The Morgan fingerprint density at radius 3 is 2.14 bits per heavy atom. The third-order valence-electron chi connectivity index (χ3n) is 0.586. The zero-order valence-corrected chi connectivity index (χ0v) is 3.52. The second-order valence-electron chi connectivity index (χ2n) is 1.04. The standard InChI is InChI=1S/C6H2O/c7-5-6-3-1-2-4-6/h5,7H. The maximum Gasteiger partial charge on any atom is 0.111 e. The lowest BCUT2D eigenvalue weighted by Crippen LogP contribution is -1.64. The molecule has 0 aliphatic heterocycles. The minimum absolute atomic E-state index is 0.500. The molecule has 0 fully saturated rings. The number of hydrogen-bond acceptors (Lipinski definition) is 1. The summed E-state index contributed by atoms with van der Waals surface area (Å²) in [6, 6.07) is 0. The summed E-state index contributed by atoms with van der Waals surface area (Å²) < 4.78 is 0. The zero-order valence-electron chi connectivity index (χ0n) is 3.52. The van der Waals surface area contributed by atoms with Crippen molar-refractivity contribution in [3.05, 3.63) is 11.8 Å². The third kappa shape index (κ3) is 0.562. The highest BCUT2D eigenvalue weighted by Crippen LogP contribution is 1.88. The Kier molecular flexibility index (Phi) is 0.771. The predicted octanol–water partition coefficient (Wildman–Crippen LogP) is 0.449. The number of aliphatic hydroxyl groups excluding tert-OH is 1. The van der Waals surface area contributed by atoms with E-state index in [1.807, 2.05) is 0 Å². The van der Waals surface area contributed by atoms with Crippen LogP contribution in [0.25, 0.3) is 0 Å². The van der Waals surface area contributed by atoms with E-state index in [4.69, 9.17) is 5.11 Å². The Morgan fingerprint density at radius 2 is 1.86 bits per heavy atom. The molecule has 0 bridgehead atoms. The summed E-state index contributed by atoms with van der Waals surface area (Å²) in [6.45, 7) is 0. The Morgan fingerprint density at radius 1 is 1.29 bits per heavy atom. The van der Waals surface area contributed by atoms with Crippen molar-refractivity contribution in [2.24, 2.45) is 0 Å². The lowest BCUT2D eigenvalue weighted by molar-refractivity contribution is 0.471. The Hall–Kier alpha value is -1.34. The van der Waals surface area contributed by atoms with Crippen LogP contribution in [0.15, 0.2) is 11.8 Å². The number of aliphatic hydroxyl groups is 1. The summed E-state index contributed by atoms with van der Waals surface area (Å²) in [7, 11) is 0. The fourth-order valence-electron chi connectivity index (χ4n) is 0.293. The Balaban J connectivity index is 2.98. The van der Waals surface area contributed by atoms with E-state index in [0.717, 1.165) is 6.26 Å². The smallest absolute Gasteiger partial charge is 0.111 e. The van der Waals surface area contributed by atoms with Gasteiger partial charge >= 0.3 is 0 Å². The third-order valence-corrected chi connectivity index (χ3v) is 0.586. The quantitative estimate of drug-likeness (QED) is 0.338. The first-order valence-electron chi connectivity index (χ1n) is 1.80. The van der Waals surface area contributed by atoms with Crippen molar-refractivity contribution in [1.29, 1.82) is 0 Å². The summed E-state index contributed by atoms with van der Waals surface area (Å²) in [5.74, 6) is 10.1. The van der Waals surface area contributed by atoms with Crippen molar-refractivity contribution >= 4 is 0 Å². The molecule has 0 atom stereocenters. The zero-order chi connectivity index (χ0) is 5.11. The average Bonchev–Trinajstić information content (AvgIpc) is 2.14. The summed E-state index contributed by atoms with van der Waals surface area (Å²) >= 11 is 0. The van der Waals surface area contributed by atoms with Crippen molar-refractivity contribution in [2.45, 2.75) is 0 Å². The van der Waals surface area contributed by atoms with Gasteiger partial charge in [-0.15, -0.1) is 0 Å². The van der Waals surface area contributed by atoms with Crippen LogP contribution >= 0.6 is 0 Å². The highest BCUT2D eigenvalue weighted by Gasteiger charge is 1.84. The number of hydrogen-bond donors (Lipinski definition) is 1. The van der Waals surface area contributed by atoms with Crippen molar-refractivity contribution in [3.8, 4) is 23.7 Å². The summed E-state index contributed by atoms with van der Waals surface area (Å²) in [4.78, 5) is 0. The van der Waals surface area contributed by atoms with Crippen LogP contribution in [-0.2, 0) is 0 Å². The molecule has 0 spiro atoms. The molecule has 7 heavy (non-hydrogen) atoms. The van der Waals surface area contributed by atoms with Gasteiger partial charge in [-0.25, -0.2) is 0 Å². The van der Waals surface area contributed by atoms with Crippen LogP contribution in [0.3, 0.4) is 0 Å². The highest BCUT2D eigenvalue weighted by molar-refractivity contribution is 5.54. The first-order valence-corrected chi connectivity index (χ1v) is 1.80. The first kappa shape index (κ1) is 3.84. The molecule has 0 saturated heterocycles. The van der Waals surface area contributed by atoms with Gasteiger partial charge in [0.05, 0.1) is 0 Å². The van der Waals surface area contributed by atoms with E-state index < -0.39 is 0 Å². The minimum Gasteiger partial charge on any atom is -0.514 e. The van der Waals surface area contributed by atoms with E-state index in [-0.39, 0.29) is 0 Å². The molecule has 1 heteroatoms. The van der Waals surface area contributed by atoms with Crippen LogP contribution in [0.5, 0.6) is 0 Å². The van der Waals surface area contributed by atoms with Gasteiger partial charge in [0.2, 0.25) is 0 Å². The topological polar surface area (TPSA) is 20.2 Å². The Bertz CT molecular complexity index is 192. The van der Waals surface area contributed by atoms with E-state index in [0.29, 0.717) is 5.57 Å². The van der Waals surface area contributed by atoms with Crippen LogP contribution in [-0.4, -0.2) is 5.11 Å². The van der Waals surface area contributed by atoms with Crippen LogP contribution in [0.2, 0.25) is 0 Å². The molecule has 0 heterocycles. The second kappa shape index (κ2) is 1.41. The summed E-state index contributed by atoms with van der Waals surface area (Å²) in [5.41, 5.74) is 0.500. The van der Waals surface area contributed by atoms with E-state index >= 15 is 0 Å². The number of rotatable bonds is 0. The number of allylic oxidation sites excluding steroid dienone is 1. The monoisotopic (exact) mass is 90.0 g/mol. The maximum atomic E-state index is 8.20. The molecule has 0 unspecified atom stereocenters. The van der Waals surface area contributed by atoms with Crippen LogP contribution in [0.4, 0.5) is 0 Å². The van der Waals surface area contributed by atoms with Gasteiger partial charge in [0.25, 0.3) is 0 Å². The highest BCUT2D eigenvalue weighted by atomic mass is 16.2. The predicted molar refractivity (Wildman–Crippen MR) is 26.3 cm³/mol. The lowest BCUT2D eigenvalue weighted by Gasteiger charge is -1.70. The van der Waals surface area contributed by atoms with Crippen LogP contribution in [0.1, 0.15) is 0 Å². The molecule has 1 N–H and O–H groups in total. The molecule has 0 radical (unpaired) electrons. The molecular weight excluding hydrogens is 88.1 g/mol. The molecule has 0 aromatic rings. The first-order chi connectivity index (χ1) is 3.43. The minimum atomic E-state index is 0.500. The maximum absolute atomic E-state index is 8.20. The van der Waals surface area contributed by atoms with Gasteiger partial charge in [-0.2, -0.15) is 0 Å². The molecule has 1 aliphatic carbocycles. The normalized spacial score (nSPS) is 11.1. The van der Waals surface area contributed by atoms with Crippen molar-refractivity contribution in [1.82, 2.24) is 0 Å². The van der Waals surface area contributed by atoms with Gasteiger partial charge in [0.15, 0.2) is 0 Å². The van der Waals surface area contributed by atoms with E-state index in [9.17, 15) is 0 Å². The van der Waals surface area contributed by atoms with Crippen molar-refractivity contribution in [3.63, 3.8) is 0 Å². The molecular formula is C6H2O. The molecule has 1 rings (SSSR count). The summed E-state index contributed by atoms with van der Waals surface area (Å²) in [6.07, 6.45) is 0.910. The van der Waals surface area contributed by atoms with Gasteiger partial charge in [0, 0.05) is 0 Å². The van der Waals surface area contributed by atoms with E-state index in [1.165, 1.54) is 0 Å². The van der Waals surface area contributed by atoms with Gasteiger partial charge in [-0.3, -0.25) is 0 Å². The van der Waals surface area contributed by atoms with Gasteiger partial charge in [-0.05, 0) is 23.7 Å². The largest absolute Gasteiger partial charge is 0.514 e. The van der Waals surface area contributed by atoms with E-state index in [2.05, 4.69) is 23.7 Å². The van der Waals surface area contributed by atoms with Crippen LogP contribution in [0, 0.1) is 23.7 Å². The molecule has 32 valence electrons. The lowest BCUT2D eigenvalue weighted by atomic mass is 10.4. The SMILES string of the molecule is OC=C1C#CC#C1. The van der Waals surface area contributed by atoms with E-state index in [1.54, 1.807) is 0 Å². The molecule has 1 aliphatic rings. The average molecular weight is 90.1 g/mol. The van der Waals surface area contributed by atoms with Crippen molar-refractivity contribution in [2.75, 3.05) is 0 Å². The molecule has 0 aromatic heterocycles. The Labute approximate surface area is 41.7 Å². The van der Waals surface area contributed by atoms with Gasteiger partial charge in [-0.1, -0.05) is 0 Å². The molecule has 0 saturated carbocycles. The molecule has 0 amide bonds. The second-order valence-corrected chi connectivity index (χ2v) is 1.04.